The zero-order chi connectivity index (χ0) is 46.2. The maximum Gasteiger partial charge on any atom is 0.329 e. The molecule has 1 heterocycles. The number of benzene rings is 1. The minimum atomic E-state index is -3.99. The quantitative estimate of drug-likeness (QED) is 0.0540. The van der Waals surface area contributed by atoms with E-state index in [4.69, 9.17) is 33.5 Å². The van der Waals surface area contributed by atoms with Crippen LogP contribution >= 0.6 is 0 Å². The SMILES string of the molecule is CC(C)(C)OC(=O)CCCCCCCCCCCCCCCOc1ccc(S(=O)(=O)Cc2ncc(C(=O)NCCOCCOCC(=O)NCCOCCOCC(=O)O)cn2)cc1F. The molecule has 2 rings (SSSR count). The van der Waals surface area contributed by atoms with Crippen molar-refractivity contribution in [2.75, 3.05) is 72.6 Å². The number of nitrogens with one attached hydrogen (secondary N) is 2. The smallest absolute Gasteiger partial charge is 0.329 e. The molecule has 0 spiro atoms. The Morgan fingerprint density at radius 2 is 1.21 bits per heavy atom. The number of sulfone groups is 1. The number of carbonyl (C=O) groups is 4. The highest BCUT2D eigenvalue weighted by Crippen LogP contribution is 2.24. The predicted octanol–water partition coefficient (Wildman–Crippen LogP) is 5.77. The molecule has 0 unspecified atom stereocenters. The van der Waals surface area contributed by atoms with Gasteiger partial charge >= 0.3 is 11.9 Å². The van der Waals surface area contributed by atoms with Gasteiger partial charge in [0.2, 0.25) is 5.91 Å². The predicted molar refractivity (Wildman–Crippen MR) is 232 cm³/mol. The number of carbonyl (C=O) groups excluding carboxylic acids is 3. The highest BCUT2D eigenvalue weighted by Gasteiger charge is 2.20. The van der Waals surface area contributed by atoms with Crippen LogP contribution in [0.15, 0.2) is 35.5 Å². The van der Waals surface area contributed by atoms with Crippen molar-refractivity contribution in [3.8, 4) is 5.75 Å². The maximum atomic E-state index is 14.8. The van der Waals surface area contributed by atoms with Crippen molar-refractivity contribution in [3.63, 3.8) is 0 Å². The van der Waals surface area contributed by atoms with E-state index >= 15 is 0 Å². The van der Waals surface area contributed by atoms with Gasteiger partial charge in [-0.25, -0.2) is 27.6 Å². The molecule has 0 radical (unpaired) electrons. The number of aromatic nitrogens is 2. The normalized spacial score (nSPS) is 11.6. The molecule has 0 aliphatic heterocycles. The van der Waals surface area contributed by atoms with Crippen LogP contribution in [-0.2, 0) is 53.7 Å². The van der Waals surface area contributed by atoms with Crippen LogP contribution in [0.4, 0.5) is 4.39 Å². The molecule has 63 heavy (non-hydrogen) atoms. The van der Waals surface area contributed by atoms with Gasteiger partial charge in [0.1, 0.15) is 30.4 Å². The summed E-state index contributed by atoms with van der Waals surface area (Å²) in [6, 6.07) is 3.53. The molecule has 0 bridgehead atoms. The van der Waals surface area contributed by atoms with Gasteiger partial charge in [-0.1, -0.05) is 70.6 Å². The Labute approximate surface area is 371 Å². The van der Waals surface area contributed by atoms with Gasteiger partial charge in [0.15, 0.2) is 21.4 Å². The summed E-state index contributed by atoms with van der Waals surface area (Å²) in [7, 11) is -3.99. The molecule has 2 aromatic rings. The molecule has 0 aliphatic rings. The Hall–Kier alpha value is -4.30. The van der Waals surface area contributed by atoms with E-state index in [9.17, 15) is 32.0 Å². The van der Waals surface area contributed by atoms with Gasteiger partial charge in [0.05, 0.1) is 56.7 Å². The number of rotatable bonds is 37. The zero-order valence-electron chi connectivity index (χ0n) is 37.3. The molecule has 3 N–H and O–H groups in total. The van der Waals surface area contributed by atoms with Gasteiger partial charge in [0.25, 0.3) is 5.91 Å². The van der Waals surface area contributed by atoms with E-state index in [0.717, 1.165) is 51.0 Å². The summed E-state index contributed by atoms with van der Waals surface area (Å²) in [4.78, 5) is 54.1. The molecule has 1 aromatic heterocycles. The molecule has 0 aliphatic carbocycles. The third kappa shape index (κ3) is 28.2. The van der Waals surface area contributed by atoms with Crippen LogP contribution in [0.25, 0.3) is 0 Å². The zero-order valence-corrected chi connectivity index (χ0v) is 38.1. The van der Waals surface area contributed by atoms with Gasteiger partial charge in [-0.15, -0.1) is 0 Å². The largest absolute Gasteiger partial charge is 0.491 e. The lowest BCUT2D eigenvalue weighted by atomic mass is 10.0. The Balaban J connectivity index is 1.50. The number of aliphatic carboxylic acids is 1. The standard InChI is InChI=1S/C44H69FN4O13S/c1-44(2,3)62-42(53)17-15-13-11-9-7-5-4-6-8-10-12-14-16-22-61-38-19-18-36(29-37(38)45)63(55,56)34-39-48-30-35(31-49-39)43(54)47-21-24-58-25-27-59-32-40(50)46-20-23-57-26-28-60-33-41(51)52/h18-19,29-31H,4-17,20-28,32-34H2,1-3H3,(H,46,50)(H,47,54)(H,51,52). The molecule has 1 aromatic carbocycles. The monoisotopic (exact) mass is 912 g/mol. The molecule has 0 fully saturated rings. The third-order valence-electron chi connectivity index (χ3n) is 9.06. The lowest BCUT2D eigenvalue weighted by Crippen LogP contribution is -2.31. The van der Waals surface area contributed by atoms with Crippen molar-refractivity contribution in [1.29, 1.82) is 0 Å². The summed E-state index contributed by atoms with van der Waals surface area (Å²) < 4.78 is 72.4. The first-order valence-corrected chi connectivity index (χ1v) is 23.6. The lowest BCUT2D eigenvalue weighted by Gasteiger charge is -2.19. The maximum absolute atomic E-state index is 14.8. The summed E-state index contributed by atoms with van der Waals surface area (Å²) in [6.45, 7) is 6.90. The van der Waals surface area contributed by atoms with Gasteiger partial charge in [-0.3, -0.25) is 14.4 Å². The minimum Gasteiger partial charge on any atom is -0.491 e. The number of unbranched alkanes of at least 4 members (excludes halogenated alkanes) is 12. The summed E-state index contributed by atoms with van der Waals surface area (Å²) >= 11 is 0. The number of amides is 2. The van der Waals surface area contributed by atoms with Crippen molar-refractivity contribution in [1.82, 2.24) is 20.6 Å². The van der Waals surface area contributed by atoms with Crippen LogP contribution in [0.1, 0.15) is 127 Å². The second-order valence-corrected chi connectivity index (χ2v) is 17.8. The number of hydrogen-bond acceptors (Lipinski definition) is 14. The third-order valence-corrected chi connectivity index (χ3v) is 10.7. The van der Waals surface area contributed by atoms with Crippen LogP contribution in [0, 0.1) is 5.82 Å². The molecule has 17 nitrogen and oxygen atoms in total. The van der Waals surface area contributed by atoms with Crippen molar-refractivity contribution in [3.05, 3.63) is 47.8 Å². The molecule has 356 valence electrons. The Morgan fingerprint density at radius 3 is 1.76 bits per heavy atom. The number of nitrogens with zero attached hydrogens (tertiary/aromatic N) is 2. The summed E-state index contributed by atoms with van der Waals surface area (Å²) in [5, 5.41) is 13.7. The van der Waals surface area contributed by atoms with Crippen LogP contribution in [0.2, 0.25) is 0 Å². The number of halogens is 1. The molecule has 0 saturated heterocycles. The van der Waals surface area contributed by atoms with E-state index < -0.39 is 45.5 Å². The highest BCUT2D eigenvalue weighted by molar-refractivity contribution is 7.90. The molecular formula is C44H69FN4O13S. The fourth-order valence-electron chi connectivity index (χ4n) is 5.90. The van der Waals surface area contributed by atoms with E-state index in [0.29, 0.717) is 13.0 Å². The van der Waals surface area contributed by atoms with Crippen LogP contribution in [-0.4, -0.2) is 125 Å². The van der Waals surface area contributed by atoms with E-state index in [2.05, 4.69) is 20.6 Å². The molecule has 19 heteroatoms. The van der Waals surface area contributed by atoms with Crippen molar-refractivity contribution in [2.24, 2.45) is 0 Å². The van der Waals surface area contributed by atoms with Crippen molar-refractivity contribution >= 4 is 33.6 Å². The second kappa shape index (κ2) is 32.4. The molecule has 0 atom stereocenters. The Bertz CT molecular complexity index is 1730. The first-order valence-electron chi connectivity index (χ1n) is 21.9. The van der Waals surface area contributed by atoms with Crippen molar-refractivity contribution < 1.29 is 65.5 Å². The van der Waals surface area contributed by atoms with Crippen LogP contribution < -0.4 is 15.4 Å². The van der Waals surface area contributed by atoms with E-state index in [-0.39, 0.29) is 93.2 Å². The van der Waals surface area contributed by atoms with Crippen LogP contribution in [0.5, 0.6) is 5.75 Å². The molecule has 2 amide bonds. The first kappa shape index (κ1) is 54.8. The lowest BCUT2D eigenvalue weighted by molar-refractivity contribution is -0.155. The van der Waals surface area contributed by atoms with Gasteiger partial charge in [0, 0.05) is 31.9 Å². The average molecular weight is 913 g/mol. The number of carboxylic acids is 1. The molecular weight excluding hydrogens is 844 g/mol. The average Bonchev–Trinajstić information content (AvgIpc) is 3.22. The summed E-state index contributed by atoms with van der Waals surface area (Å²) in [6.07, 6.45) is 17.3. The minimum absolute atomic E-state index is 0.0113. The summed E-state index contributed by atoms with van der Waals surface area (Å²) in [5.74, 6) is -3.44. The van der Waals surface area contributed by atoms with Crippen LogP contribution in [0.3, 0.4) is 0 Å². The van der Waals surface area contributed by atoms with E-state index in [1.165, 1.54) is 63.1 Å². The number of hydrogen-bond donors (Lipinski definition) is 3. The van der Waals surface area contributed by atoms with Gasteiger partial charge < -0.3 is 44.2 Å². The Morgan fingerprint density at radius 1 is 0.683 bits per heavy atom. The molecule has 0 saturated carbocycles. The topological polar surface area (TPSA) is 228 Å². The van der Waals surface area contributed by atoms with Gasteiger partial charge in [-0.2, -0.15) is 0 Å². The summed E-state index contributed by atoms with van der Waals surface area (Å²) in [5.41, 5.74) is -0.307. The van der Waals surface area contributed by atoms with E-state index in [1.807, 2.05) is 20.8 Å². The number of carboxylic acid groups (broad SMARTS) is 1. The fraction of sp³-hybridized carbons (Fsp3) is 0.682. The highest BCUT2D eigenvalue weighted by atomic mass is 32.2. The Kier molecular flexibility index (Phi) is 28.2. The number of ether oxygens (including phenoxy) is 6. The van der Waals surface area contributed by atoms with E-state index in [1.54, 1.807) is 0 Å². The van der Waals surface area contributed by atoms with Gasteiger partial charge in [-0.05, 0) is 51.8 Å². The fourth-order valence-corrected chi connectivity index (χ4v) is 7.11. The first-order chi connectivity index (χ1) is 30.2. The van der Waals surface area contributed by atoms with Crippen molar-refractivity contribution in [2.45, 2.75) is 127 Å². The number of esters is 1. The second-order valence-electron chi connectivity index (χ2n) is 15.8.